The van der Waals surface area contributed by atoms with E-state index in [1.165, 1.54) is 45.3 Å². The average molecular weight is 226 g/mol. The molecule has 0 aliphatic carbocycles. The minimum absolute atomic E-state index is 0.700. The van der Waals surface area contributed by atoms with Gasteiger partial charge in [0.1, 0.15) is 0 Å². The fourth-order valence-corrected chi connectivity index (χ4v) is 2.78. The first kappa shape index (κ1) is 14.0. The lowest BCUT2D eigenvalue weighted by Crippen LogP contribution is -2.51. The highest BCUT2D eigenvalue weighted by molar-refractivity contribution is 4.84. The molecule has 16 heavy (non-hydrogen) atoms. The van der Waals surface area contributed by atoms with Crippen molar-refractivity contribution < 1.29 is 0 Å². The quantitative estimate of drug-likeness (QED) is 0.749. The number of hydrogen-bond acceptors (Lipinski definition) is 2. The number of hydrogen-bond donors (Lipinski definition) is 1. The highest BCUT2D eigenvalue weighted by Gasteiger charge is 2.27. The molecule has 1 heterocycles. The van der Waals surface area contributed by atoms with Crippen LogP contribution in [-0.2, 0) is 0 Å². The second-order valence-corrected chi connectivity index (χ2v) is 5.59. The Kier molecular flexibility index (Phi) is 6.37. The van der Waals surface area contributed by atoms with Gasteiger partial charge in [-0.2, -0.15) is 0 Å². The molecule has 0 spiro atoms. The molecule has 1 aliphatic rings. The predicted molar refractivity (Wildman–Crippen MR) is 71.8 cm³/mol. The molecular weight excluding hydrogens is 196 g/mol. The van der Waals surface area contributed by atoms with E-state index in [0.717, 1.165) is 12.0 Å². The minimum atomic E-state index is 0.700. The Morgan fingerprint density at radius 2 is 1.94 bits per heavy atom. The van der Waals surface area contributed by atoms with Crippen LogP contribution in [0.4, 0.5) is 0 Å². The number of piperidine rings is 1. The van der Waals surface area contributed by atoms with Gasteiger partial charge in [-0.05, 0) is 45.6 Å². The molecule has 2 heteroatoms. The predicted octanol–water partition coefficient (Wildman–Crippen LogP) is 2.89. The Labute approximate surface area is 102 Å². The molecule has 0 bridgehead atoms. The number of nitrogens with zero attached hydrogens (tertiary/aromatic N) is 1. The standard InChI is InChI=1S/C14H30N2/c1-5-7-13-9-14(15-8-6-2)11-16(10-13)12(3)4/h12-15H,5-11H2,1-4H3. The summed E-state index contributed by atoms with van der Waals surface area (Å²) >= 11 is 0. The Bertz CT molecular complexity index is 180. The summed E-state index contributed by atoms with van der Waals surface area (Å²) in [5, 5.41) is 3.70. The summed E-state index contributed by atoms with van der Waals surface area (Å²) in [4.78, 5) is 2.65. The molecule has 1 saturated heterocycles. The zero-order valence-corrected chi connectivity index (χ0v) is 11.6. The second-order valence-electron chi connectivity index (χ2n) is 5.59. The van der Waals surface area contributed by atoms with E-state index in [2.05, 4.69) is 37.9 Å². The van der Waals surface area contributed by atoms with Gasteiger partial charge in [-0.3, -0.25) is 4.90 Å². The summed E-state index contributed by atoms with van der Waals surface area (Å²) in [5.41, 5.74) is 0. The maximum atomic E-state index is 3.70. The first-order valence-corrected chi connectivity index (χ1v) is 7.14. The Morgan fingerprint density at radius 1 is 1.19 bits per heavy atom. The minimum Gasteiger partial charge on any atom is -0.313 e. The fourth-order valence-electron chi connectivity index (χ4n) is 2.78. The fraction of sp³-hybridized carbons (Fsp3) is 1.00. The van der Waals surface area contributed by atoms with Crippen LogP contribution in [0.2, 0.25) is 0 Å². The highest BCUT2D eigenvalue weighted by Crippen LogP contribution is 2.22. The molecule has 0 saturated carbocycles. The van der Waals surface area contributed by atoms with Crippen molar-refractivity contribution in [3.63, 3.8) is 0 Å². The summed E-state index contributed by atoms with van der Waals surface area (Å²) in [7, 11) is 0. The van der Waals surface area contributed by atoms with Crippen molar-refractivity contribution in [3.8, 4) is 0 Å². The van der Waals surface area contributed by atoms with E-state index in [1.54, 1.807) is 0 Å². The summed E-state index contributed by atoms with van der Waals surface area (Å²) in [5.74, 6) is 0.913. The normalized spacial score (nSPS) is 27.6. The van der Waals surface area contributed by atoms with E-state index in [9.17, 15) is 0 Å². The van der Waals surface area contributed by atoms with E-state index in [0.29, 0.717) is 6.04 Å². The van der Waals surface area contributed by atoms with Crippen LogP contribution in [0, 0.1) is 5.92 Å². The molecule has 2 unspecified atom stereocenters. The van der Waals surface area contributed by atoms with Crippen LogP contribution < -0.4 is 5.32 Å². The Balaban J connectivity index is 2.45. The molecular formula is C14H30N2. The van der Waals surface area contributed by atoms with Crippen molar-refractivity contribution >= 4 is 0 Å². The summed E-state index contributed by atoms with van der Waals surface area (Å²) in [6.45, 7) is 12.9. The van der Waals surface area contributed by atoms with Gasteiger partial charge in [-0.25, -0.2) is 0 Å². The van der Waals surface area contributed by atoms with Crippen LogP contribution >= 0.6 is 0 Å². The molecule has 1 rings (SSSR count). The van der Waals surface area contributed by atoms with Gasteiger partial charge in [0.15, 0.2) is 0 Å². The zero-order chi connectivity index (χ0) is 12.0. The van der Waals surface area contributed by atoms with Crippen LogP contribution in [0.1, 0.15) is 53.4 Å². The number of likely N-dealkylation sites (tertiary alicyclic amines) is 1. The third kappa shape index (κ3) is 4.42. The van der Waals surface area contributed by atoms with Gasteiger partial charge in [0, 0.05) is 25.2 Å². The van der Waals surface area contributed by atoms with Gasteiger partial charge in [0.2, 0.25) is 0 Å². The van der Waals surface area contributed by atoms with Crippen molar-refractivity contribution in [3.05, 3.63) is 0 Å². The van der Waals surface area contributed by atoms with Gasteiger partial charge >= 0.3 is 0 Å². The first-order valence-electron chi connectivity index (χ1n) is 7.14. The summed E-state index contributed by atoms with van der Waals surface area (Å²) in [6.07, 6.45) is 5.36. The van der Waals surface area contributed by atoms with Crippen LogP contribution in [0.15, 0.2) is 0 Å². The van der Waals surface area contributed by atoms with Crippen molar-refractivity contribution in [2.45, 2.75) is 65.5 Å². The van der Waals surface area contributed by atoms with Gasteiger partial charge < -0.3 is 5.32 Å². The lowest BCUT2D eigenvalue weighted by molar-refractivity contribution is 0.107. The highest BCUT2D eigenvalue weighted by atomic mass is 15.2. The van der Waals surface area contributed by atoms with Gasteiger partial charge in [0.25, 0.3) is 0 Å². The number of rotatable bonds is 6. The molecule has 1 fully saturated rings. The van der Waals surface area contributed by atoms with Gasteiger partial charge in [-0.15, -0.1) is 0 Å². The second kappa shape index (κ2) is 7.29. The lowest BCUT2D eigenvalue weighted by atomic mass is 9.90. The van der Waals surface area contributed by atoms with E-state index in [-0.39, 0.29) is 0 Å². The van der Waals surface area contributed by atoms with Crippen LogP contribution in [0.25, 0.3) is 0 Å². The molecule has 0 aromatic heterocycles. The van der Waals surface area contributed by atoms with E-state index < -0.39 is 0 Å². The molecule has 96 valence electrons. The van der Waals surface area contributed by atoms with E-state index >= 15 is 0 Å². The SMILES string of the molecule is CCCNC1CC(CCC)CN(C(C)C)C1. The van der Waals surface area contributed by atoms with E-state index in [1.807, 2.05) is 0 Å². The first-order chi connectivity index (χ1) is 7.67. The average Bonchev–Trinajstić information content (AvgIpc) is 2.26. The third-order valence-electron chi connectivity index (χ3n) is 3.68. The number of nitrogens with one attached hydrogen (secondary N) is 1. The topological polar surface area (TPSA) is 15.3 Å². The smallest absolute Gasteiger partial charge is 0.0198 e. The maximum Gasteiger partial charge on any atom is 0.0198 e. The molecule has 2 atom stereocenters. The summed E-state index contributed by atoms with van der Waals surface area (Å²) < 4.78 is 0. The molecule has 2 nitrogen and oxygen atoms in total. The zero-order valence-electron chi connectivity index (χ0n) is 11.6. The largest absolute Gasteiger partial charge is 0.313 e. The van der Waals surface area contributed by atoms with Crippen LogP contribution in [0.3, 0.4) is 0 Å². The monoisotopic (exact) mass is 226 g/mol. The van der Waals surface area contributed by atoms with Crippen molar-refractivity contribution in [1.29, 1.82) is 0 Å². The molecule has 0 aromatic carbocycles. The van der Waals surface area contributed by atoms with Crippen molar-refractivity contribution in [2.75, 3.05) is 19.6 Å². The van der Waals surface area contributed by atoms with Crippen LogP contribution in [-0.4, -0.2) is 36.6 Å². The molecule has 1 N–H and O–H groups in total. The third-order valence-corrected chi connectivity index (χ3v) is 3.68. The Morgan fingerprint density at radius 3 is 2.50 bits per heavy atom. The Hall–Kier alpha value is -0.0800. The van der Waals surface area contributed by atoms with Gasteiger partial charge in [-0.1, -0.05) is 20.3 Å². The van der Waals surface area contributed by atoms with Gasteiger partial charge in [0.05, 0.1) is 0 Å². The van der Waals surface area contributed by atoms with Crippen LogP contribution in [0.5, 0.6) is 0 Å². The maximum absolute atomic E-state index is 3.70. The summed E-state index contributed by atoms with van der Waals surface area (Å²) in [6, 6.07) is 1.43. The molecule has 1 aliphatic heterocycles. The molecule has 0 amide bonds. The molecule has 0 aromatic rings. The van der Waals surface area contributed by atoms with E-state index in [4.69, 9.17) is 0 Å². The van der Waals surface area contributed by atoms with Crippen molar-refractivity contribution in [1.82, 2.24) is 10.2 Å². The lowest BCUT2D eigenvalue weighted by Gasteiger charge is -2.40. The van der Waals surface area contributed by atoms with Crippen molar-refractivity contribution in [2.24, 2.45) is 5.92 Å². The molecule has 0 radical (unpaired) electrons.